The lowest BCUT2D eigenvalue weighted by atomic mass is 10.1. The highest BCUT2D eigenvalue weighted by molar-refractivity contribution is 5.13. The molecule has 0 amide bonds. The number of rotatable bonds is 5. The third-order valence-electron chi connectivity index (χ3n) is 2.32. The first kappa shape index (κ1) is 11.1. The average molecular weight is 194 g/mol. The summed E-state index contributed by atoms with van der Waals surface area (Å²) in [6, 6.07) is 4.39. The smallest absolute Gasteiger partial charge is 0.0667 e. The molecule has 2 unspecified atom stereocenters. The van der Waals surface area contributed by atoms with Crippen LogP contribution in [0.2, 0.25) is 0 Å². The van der Waals surface area contributed by atoms with Gasteiger partial charge in [-0.25, -0.2) is 0 Å². The van der Waals surface area contributed by atoms with Crippen LogP contribution in [0.3, 0.4) is 0 Å². The number of hydrogen-bond donors (Lipinski definition) is 1. The van der Waals surface area contributed by atoms with E-state index < -0.39 is 0 Å². The van der Waals surface area contributed by atoms with Gasteiger partial charge in [0.2, 0.25) is 0 Å². The van der Waals surface area contributed by atoms with Crippen LogP contribution >= 0.6 is 0 Å². The molecule has 0 spiro atoms. The van der Waals surface area contributed by atoms with Gasteiger partial charge in [0.15, 0.2) is 0 Å². The summed E-state index contributed by atoms with van der Waals surface area (Å²) in [6.45, 7) is 5.05. The zero-order valence-electron chi connectivity index (χ0n) is 9.03. The van der Waals surface area contributed by atoms with Gasteiger partial charge in [-0.2, -0.15) is 0 Å². The minimum absolute atomic E-state index is 0.249. The molecule has 3 heteroatoms. The molecule has 0 fully saturated rings. The number of ether oxygens (including phenoxy) is 1. The van der Waals surface area contributed by atoms with Gasteiger partial charge in [0.05, 0.1) is 6.10 Å². The summed E-state index contributed by atoms with van der Waals surface area (Å²) in [5.74, 6) is 0. The molecule has 0 aliphatic carbocycles. The molecule has 1 aromatic heterocycles. The minimum atomic E-state index is 0.249. The summed E-state index contributed by atoms with van der Waals surface area (Å²) in [6.07, 6.45) is 3.87. The molecule has 1 aromatic rings. The van der Waals surface area contributed by atoms with E-state index in [0.29, 0.717) is 6.04 Å². The van der Waals surface area contributed by atoms with Crippen molar-refractivity contribution in [1.82, 2.24) is 10.3 Å². The molecule has 1 N–H and O–H groups in total. The highest BCUT2D eigenvalue weighted by atomic mass is 16.5. The molecule has 0 saturated heterocycles. The number of pyridine rings is 1. The van der Waals surface area contributed by atoms with Crippen LogP contribution in [0, 0.1) is 0 Å². The van der Waals surface area contributed by atoms with Gasteiger partial charge >= 0.3 is 0 Å². The number of nitrogens with one attached hydrogen (secondary N) is 1. The Balaban J connectivity index is 2.39. The van der Waals surface area contributed by atoms with Gasteiger partial charge < -0.3 is 10.1 Å². The maximum absolute atomic E-state index is 5.16. The molecule has 78 valence electrons. The number of hydrogen-bond acceptors (Lipinski definition) is 3. The van der Waals surface area contributed by atoms with Gasteiger partial charge in [-0.15, -0.1) is 0 Å². The lowest BCUT2D eigenvalue weighted by Gasteiger charge is -2.16. The van der Waals surface area contributed by atoms with E-state index in [2.05, 4.69) is 17.2 Å². The molecule has 14 heavy (non-hydrogen) atoms. The van der Waals surface area contributed by atoms with Crippen LogP contribution in [0.15, 0.2) is 24.5 Å². The molecule has 0 aliphatic heterocycles. The molecule has 3 nitrogen and oxygen atoms in total. The monoisotopic (exact) mass is 194 g/mol. The minimum Gasteiger partial charge on any atom is -0.380 e. The average Bonchev–Trinajstić information content (AvgIpc) is 2.26. The van der Waals surface area contributed by atoms with Crippen molar-refractivity contribution in [2.75, 3.05) is 13.7 Å². The number of nitrogens with zero attached hydrogens (tertiary/aromatic N) is 1. The maximum Gasteiger partial charge on any atom is 0.0667 e. The Morgan fingerprint density at radius 3 is 2.57 bits per heavy atom. The first-order valence-electron chi connectivity index (χ1n) is 4.90. The Morgan fingerprint density at radius 1 is 1.36 bits per heavy atom. The third kappa shape index (κ3) is 3.44. The highest BCUT2D eigenvalue weighted by Gasteiger charge is 2.05. The van der Waals surface area contributed by atoms with E-state index in [1.54, 1.807) is 7.11 Å². The zero-order chi connectivity index (χ0) is 10.4. The Bertz CT molecular complexity index is 251. The first-order valence-corrected chi connectivity index (χ1v) is 4.90. The predicted octanol–water partition coefficient (Wildman–Crippen LogP) is 1.77. The van der Waals surface area contributed by atoms with Gasteiger partial charge in [-0.05, 0) is 31.5 Å². The van der Waals surface area contributed by atoms with E-state index in [-0.39, 0.29) is 6.10 Å². The van der Waals surface area contributed by atoms with E-state index in [1.165, 1.54) is 5.56 Å². The van der Waals surface area contributed by atoms with E-state index in [1.807, 2.05) is 31.5 Å². The van der Waals surface area contributed by atoms with Crippen LogP contribution in [-0.4, -0.2) is 24.7 Å². The van der Waals surface area contributed by atoms with Crippen LogP contribution in [0.1, 0.15) is 25.5 Å². The molecule has 0 saturated carbocycles. The van der Waals surface area contributed by atoms with Crippen LogP contribution in [0.25, 0.3) is 0 Å². The van der Waals surface area contributed by atoms with Gasteiger partial charge in [-0.3, -0.25) is 4.98 Å². The van der Waals surface area contributed by atoms with E-state index in [0.717, 1.165) is 6.54 Å². The summed E-state index contributed by atoms with van der Waals surface area (Å²) in [5, 5.41) is 3.40. The van der Waals surface area contributed by atoms with Crippen LogP contribution in [-0.2, 0) is 4.74 Å². The van der Waals surface area contributed by atoms with Gasteiger partial charge in [0.1, 0.15) is 0 Å². The third-order valence-corrected chi connectivity index (χ3v) is 2.32. The van der Waals surface area contributed by atoms with Crippen LogP contribution in [0.5, 0.6) is 0 Å². The van der Waals surface area contributed by atoms with Crippen molar-refractivity contribution in [3.63, 3.8) is 0 Å². The zero-order valence-corrected chi connectivity index (χ0v) is 9.03. The van der Waals surface area contributed by atoms with Crippen molar-refractivity contribution in [1.29, 1.82) is 0 Å². The van der Waals surface area contributed by atoms with Crippen molar-refractivity contribution >= 4 is 0 Å². The van der Waals surface area contributed by atoms with Crippen molar-refractivity contribution in [3.8, 4) is 0 Å². The topological polar surface area (TPSA) is 34.1 Å². The normalized spacial score (nSPS) is 15.1. The largest absolute Gasteiger partial charge is 0.380 e. The number of aromatic nitrogens is 1. The fraction of sp³-hybridized carbons (Fsp3) is 0.545. The van der Waals surface area contributed by atoms with Gasteiger partial charge in [0.25, 0.3) is 0 Å². The molecule has 0 aliphatic rings. The highest BCUT2D eigenvalue weighted by Crippen LogP contribution is 2.09. The number of methoxy groups -OCH3 is 1. The Morgan fingerprint density at radius 2 is 2.00 bits per heavy atom. The van der Waals surface area contributed by atoms with E-state index >= 15 is 0 Å². The summed E-state index contributed by atoms with van der Waals surface area (Å²) < 4.78 is 5.16. The Labute approximate surface area is 85.5 Å². The van der Waals surface area contributed by atoms with E-state index in [9.17, 15) is 0 Å². The summed E-state index contributed by atoms with van der Waals surface area (Å²) >= 11 is 0. The molecule has 2 atom stereocenters. The molecule has 0 radical (unpaired) electrons. The molecular formula is C11H18N2O. The summed E-state index contributed by atoms with van der Waals surface area (Å²) in [7, 11) is 1.73. The maximum atomic E-state index is 5.16. The summed E-state index contributed by atoms with van der Waals surface area (Å²) in [4.78, 5) is 3.99. The standard InChI is InChI=1S/C11H18N2O/c1-9(14-3)8-13-10(2)11-4-6-12-7-5-11/h4-7,9-10,13H,8H2,1-3H3. The fourth-order valence-corrected chi connectivity index (χ4v) is 1.20. The van der Waals surface area contributed by atoms with Crippen LogP contribution < -0.4 is 5.32 Å². The lowest BCUT2D eigenvalue weighted by molar-refractivity contribution is 0.115. The fourth-order valence-electron chi connectivity index (χ4n) is 1.20. The van der Waals surface area contributed by atoms with Crippen molar-refractivity contribution in [2.24, 2.45) is 0 Å². The lowest BCUT2D eigenvalue weighted by Crippen LogP contribution is -2.28. The van der Waals surface area contributed by atoms with Crippen molar-refractivity contribution in [2.45, 2.75) is 26.0 Å². The molecular weight excluding hydrogens is 176 g/mol. The molecule has 0 bridgehead atoms. The molecule has 0 aromatic carbocycles. The van der Waals surface area contributed by atoms with Gasteiger partial charge in [0, 0.05) is 32.1 Å². The Kier molecular flexibility index (Phi) is 4.56. The SMILES string of the molecule is COC(C)CNC(C)c1ccncc1. The Hall–Kier alpha value is -0.930. The van der Waals surface area contributed by atoms with Gasteiger partial charge in [-0.1, -0.05) is 0 Å². The second-order valence-corrected chi connectivity index (χ2v) is 3.46. The van der Waals surface area contributed by atoms with E-state index in [4.69, 9.17) is 4.74 Å². The quantitative estimate of drug-likeness (QED) is 0.775. The molecule has 1 rings (SSSR count). The second kappa shape index (κ2) is 5.73. The summed E-state index contributed by atoms with van der Waals surface area (Å²) in [5.41, 5.74) is 1.25. The van der Waals surface area contributed by atoms with Crippen LogP contribution in [0.4, 0.5) is 0 Å². The second-order valence-electron chi connectivity index (χ2n) is 3.46. The first-order chi connectivity index (χ1) is 6.74. The van der Waals surface area contributed by atoms with Crippen molar-refractivity contribution < 1.29 is 4.74 Å². The molecule has 1 heterocycles. The predicted molar refractivity (Wildman–Crippen MR) is 57.1 cm³/mol. The van der Waals surface area contributed by atoms with Crippen molar-refractivity contribution in [3.05, 3.63) is 30.1 Å².